The van der Waals surface area contributed by atoms with Crippen molar-refractivity contribution in [2.24, 2.45) is 0 Å². The molecule has 0 aliphatic carbocycles. The standard InChI is InChI=1S/C21H24N2O5S/c1-15-8-3-4-11-19(15)22-20(24)16(2)28-21(25)17-9-7-10-18(14-17)29(26,27)23-12-5-6-13-23/h3-4,7-11,14,16H,5-6,12-13H2,1-2H3,(H,22,24)/t16-/m0/s1. The summed E-state index contributed by atoms with van der Waals surface area (Å²) < 4.78 is 32.0. The third kappa shape index (κ3) is 4.83. The number of sulfonamides is 1. The number of rotatable bonds is 6. The van der Waals surface area contributed by atoms with Gasteiger partial charge in [-0.3, -0.25) is 4.79 Å². The molecule has 1 aliphatic rings. The second kappa shape index (κ2) is 8.75. The molecule has 7 nitrogen and oxygen atoms in total. The molecular formula is C21H24N2O5S. The highest BCUT2D eigenvalue weighted by atomic mass is 32.2. The van der Waals surface area contributed by atoms with Crippen molar-refractivity contribution in [3.63, 3.8) is 0 Å². The molecular weight excluding hydrogens is 392 g/mol. The minimum Gasteiger partial charge on any atom is -0.449 e. The topological polar surface area (TPSA) is 92.8 Å². The summed E-state index contributed by atoms with van der Waals surface area (Å²) in [6.07, 6.45) is 0.615. The molecule has 0 saturated carbocycles. The maximum absolute atomic E-state index is 12.7. The highest BCUT2D eigenvalue weighted by Gasteiger charge is 2.28. The van der Waals surface area contributed by atoms with Crippen LogP contribution in [0.3, 0.4) is 0 Å². The van der Waals surface area contributed by atoms with Gasteiger partial charge in [-0.2, -0.15) is 4.31 Å². The molecule has 0 spiro atoms. The lowest BCUT2D eigenvalue weighted by atomic mass is 10.2. The van der Waals surface area contributed by atoms with Crippen molar-refractivity contribution in [2.75, 3.05) is 18.4 Å². The Labute approximate surface area is 170 Å². The van der Waals surface area contributed by atoms with Crippen molar-refractivity contribution in [3.05, 3.63) is 59.7 Å². The minimum absolute atomic E-state index is 0.0471. The van der Waals surface area contributed by atoms with E-state index in [2.05, 4.69) is 5.32 Å². The summed E-state index contributed by atoms with van der Waals surface area (Å²) in [6, 6.07) is 13.0. The Morgan fingerprint density at radius 2 is 1.76 bits per heavy atom. The van der Waals surface area contributed by atoms with Crippen LogP contribution < -0.4 is 5.32 Å². The van der Waals surface area contributed by atoms with Gasteiger partial charge >= 0.3 is 5.97 Å². The van der Waals surface area contributed by atoms with Crippen molar-refractivity contribution in [3.8, 4) is 0 Å². The maximum atomic E-state index is 12.7. The molecule has 1 fully saturated rings. The van der Waals surface area contributed by atoms with Crippen LogP contribution in [0.5, 0.6) is 0 Å². The van der Waals surface area contributed by atoms with Crippen LogP contribution in [0.25, 0.3) is 0 Å². The molecule has 1 atom stereocenters. The Hall–Kier alpha value is -2.71. The molecule has 2 aromatic carbocycles. The van der Waals surface area contributed by atoms with Gasteiger partial charge < -0.3 is 10.1 Å². The first-order valence-corrected chi connectivity index (χ1v) is 10.9. The summed E-state index contributed by atoms with van der Waals surface area (Å²) in [7, 11) is -3.64. The van der Waals surface area contributed by atoms with Crippen LogP contribution in [-0.2, 0) is 19.6 Å². The molecule has 0 unspecified atom stereocenters. The molecule has 1 amide bonds. The van der Waals surface area contributed by atoms with Crippen LogP contribution in [0.2, 0.25) is 0 Å². The van der Waals surface area contributed by atoms with Gasteiger partial charge in [0, 0.05) is 18.8 Å². The SMILES string of the molecule is Cc1ccccc1NC(=O)[C@H](C)OC(=O)c1cccc(S(=O)(=O)N2CCCC2)c1. The first kappa shape index (κ1) is 21.0. The van der Waals surface area contributed by atoms with Crippen LogP contribution in [-0.4, -0.2) is 43.8 Å². The molecule has 1 aliphatic heterocycles. The molecule has 3 rings (SSSR count). The molecule has 0 bridgehead atoms. The third-order valence-electron chi connectivity index (χ3n) is 4.83. The van der Waals surface area contributed by atoms with E-state index < -0.39 is 28.0 Å². The van der Waals surface area contributed by atoms with Crippen LogP contribution in [0, 0.1) is 6.92 Å². The van der Waals surface area contributed by atoms with E-state index in [1.165, 1.54) is 35.5 Å². The molecule has 8 heteroatoms. The zero-order valence-electron chi connectivity index (χ0n) is 16.4. The summed E-state index contributed by atoms with van der Waals surface area (Å²) in [6.45, 7) is 4.29. The lowest BCUT2D eigenvalue weighted by Crippen LogP contribution is -2.30. The third-order valence-corrected chi connectivity index (χ3v) is 6.72. The van der Waals surface area contributed by atoms with Crippen LogP contribution in [0.15, 0.2) is 53.4 Å². The first-order valence-electron chi connectivity index (χ1n) is 9.47. The molecule has 0 aromatic heterocycles. The molecule has 0 radical (unpaired) electrons. The van der Waals surface area contributed by atoms with Gasteiger partial charge in [-0.25, -0.2) is 13.2 Å². The van der Waals surface area contributed by atoms with Crippen LogP contribution in [0.4, 0.5) is 5.69 Å². The molecule has 29 heavy (non-hydrogen) atoms. The summed E-state index contributed by atoms with van der Waals surface area (Å²) >= 11 is 0. The number of carbonyl (C=O) groups excluding carboxylic acids is 2. The van der Waals surface area contributed by atoms with E-state index in [9.17, 15) is 18.0 Å². The second-order valence-electron chi connectivity index (χ2n) is 6.99. The van der Waals surface area contributed by atoms with Gasteiger partial charge in [-0.1, -0.05) is 24.3 Å². The number of anilines is 1. The van der Waals surface area contributed by atoms with Gasteiger partial charge in [0.15, 0.2) is 6.10 Å². The van der Waals surface area contributed by atoms with Gasteiger partial charge in [-0.15, -0.1) is 0 Å². The van der Waals surface area contributed by atoms with E-state index in [4.69, 9.17) is 4.74 Å². The predicted molar refractivity (Wildman–Crippen MR) is 109 cm³/mol. The first-order chi connectivity index (χ1) is 13.8. The fourth-order valence-electron chi connectivity index (χ4n) is 3.09. The van der Waals surface area contributed by atoms with E-state index in [0.717, 1.165) is 18.4 Å². The molecule has 1 heterocycles. The number of hydrogen-bond donors (Lipinski definition) is 1. The average molecular weight is 416 g/mol. The second-order valence-corrected chi connectivity index (χ2v) is 8.93. The highest BCUT2D eigenvalue weighted by molar-refractivity contribution is 7.89. The number of carbonyl (C=O) groups is 2. The van der Waals surface area contributed by atoms with Gasteiger partial charge in [0.1, 0.15) is 0 Å². The molecule has 2 aromatic rings. The number of para-hydroxylation sites is 1. The van der Waals surface area contributed by atoms with E-state index in [1.54, 1.807) is 12.1 Å². The van der Waals surface area contributed by atoms with E-state index in [0.29, 0.717) is 18.8 Å². The summed E-state index contributed by atoms with van der Waals surface area (Å²) in [5.74, 6) is -1.22. The highest BCUT2D eigenvalue weighted by Crippen LogP contribution is 2.22. The van der Waals surface area contributed by atoms with E-state index in [1.807, 2.05) is 19.1 Å². The number of hydrogen-bond acceptors (Lipinski definition) is 5. The Balaban J connectivity index is 1.69. The Morgan fingerprint density at radius 3 is 2.45 bits per heavy atom. The summed E-state index contributed by atoms with van der Waals surface area (Å²) in [5, 5.41) is 2.72. The van der Waals surface area contributed by atoms with Crippen molar-refractivity contribution in [1.29, 1.82) is 0 Å². The van der Waals surface area contributed by atoms with Crippen LogP contribution >= 0.6 is 0 Å². The van der Waals surface area contributed by atoms with Gasteiger partial charge in [0.2, 0.25) is 10.0 Å². The number of esters is 1. The monoisotopic (exact) mass is 416 g/mol. The normalized spacial score (nSPS) is 15.7. The van der Waals surface area contributed by atoms with Crippen molar-refractivity contribution in [2.45, 2.75) is 37.7 Å². The number of amides is 1. The average Bonchev–Trinajstić information content (AvgIpc) is 3.25. The smallest absolute Gasteiger partial charge is 0.338 e. The maximum Gasteiger partial charge on any atom is 0.338 e. The largest absolute Gasteiger partial charge is 0.449 e. The minimum atomic E-state index is -3.64. The molecule has 1 saturated heterocycles. The Bertz CT molecular complexity index is 1010. The van der Waals surface area contributed by atoms with Crippen molar-refractivity contribution < 1.29 is 22.7 Å². The van der Waals surface area contributed by atoms with Gasteiger partial charge in [0.25, 0.3) is 5.91 Å². The van der Waals surface area contributed by atoms with Gasteiger partial charge in [0.05, 0.1) is 10.5 Å². The summed E-state index contributed by atoms with van der Waals surface area (Å²) in [4.78, 5) is 24.9. The number of ether oxygens (including phenoxy) is 1. The number of nitrogens with one attached hydrogen (secondary N) is 1. The quantitative estimate of drug-likeness (QED) is 0.731. The van der Waals surface area contributed by atoms with Gasteiger partial charge in [-0.05, 0) is 56.5 Å². The Morgan fingerprint density at radius 1 is 1.07 bits per heavy atom. The van der Waals surface area contributed by atoms with Crippen LogP contribution in [0.1, 0.15) is 35.7 Å². The molecule has 154 valence electrons. The Kier molecular flexibility index (Phi) is 6.34. The fraction of sp³-hybridized carbons (Fsp3) is 0.333. The fourth-order valence-corrected chi connectivity index (χ4v) is 4.65. The number of benzene rings is 2. The molecule has 1 N–H and O–H groups in total. The summed E-state index contributed by atoms with van der Waals surface area (Å²) in [5.41, 5.74) is 1.61. The van der Waals surface area contributed by atoms with Crippen molar-refractivity contribution in [1.82, 2.24) is 4.31 Å². The van der Waals surface area contributed by atoms with Crippen molar-refractivity contribution >= 4 is 27.6 Å². The number of aryl methyl sites for hydroxylation is 1. The lowest BCUT2D eigenvalue weighted by Gasteiger charge is -2.17. The zero-order chi connectivity index (χ0) is 21.0. The zero-order valence-corrected chi connectivity index (χ0v) is 17.2. The van der Waals surface area contributed by atoms with E-state index in [-0.39, 0.29) is 10.5 Å². The lowest BCUT2D eigenvalue weighted by molar-refractivity contribution is -0.123. The van der Waals surface area contributed by atoms with E-state index >= 15 is 0 Å². The number of nitrogens with zero attached hydrogens (tertiary/aromatic N) is 1. The predicted octanol–water partition coefficient (Wildman–Crippen LogP) is 2.96.